The highest BCUT2D eigenvalue weighted by Crippen LogP contribution is 2.26. The summed E-state index contributed by atoms with van der Waals surface area (Å²) in [4.78, 5) is 2.62. The zero-order valence-electron chi connectivity index (χ0n) is 11.9. The molecule has 0 amide bonds. The lowest BCUT2D eigenvalue weighted by molar-refractivity contribution is 0.212. The Morgan fingerprint density at radius 2 is 2.26 bits per heavy atom. The maximum atomic E-state index is 6.33. The minimum atomic E-state index is 0.683. The molecule has 0 bridgehead atoms. The van der Waals surface area contributed by atoms with E-state index in [0.717, 1.165) is 18.1 Å². The van der Waals surface area contributed by atoms with Crippen molar-refractivity contribution in [3.05, 3.63) is 35.4 Å². The van der Waals surface area contributed by atoms with E-state index in [0.29, 0.717) is 12.1 Å². The van der Waals surface area contributed by atoms with Crippen LogP contribution in [0.4, 0.5) is 0 Å². The van der Waals surface area contributed by atoms with Gasteiger partial charge < -0.3 is 5.32 Å². The van der Waals surface area contributed by atoms with Crippen LogP contribution in [0.15, 0.2) is 35.4 Å². The number of hydrogen-bond acceptors (Lipinski definition) is 2. The van der Waals surface area contributed by atoms with E-state index in [1.54, 1.807) is 6.08 Å². The first-order chi connectivity index (χ1) is 9.26. The number of fused-ring (bicyclic) bond motifs is 1. The Bertz CT molecular complexity index is 373. The molecule has 0 aromatic carbocycles. The van der Waals surface area contributed by atoms with Crippen LogP contribution < -0.4 is 5.32 Å². The van der Waals surface area contributed by atoms with Crippen LogP contribution in [0.25, 0.3) is 0 Å². The number of nitrogens with one attached hydrogen (secondary N) is 1. The van der Waals surface area contributed by atoms with Gasteiger partial charge in [0.1, 0.15) is 0 Å². The van der Waals surface area contributed by atoms with E-state index >= 15 is 0 Å². The average Bonchev–Trinajstić information content (AvgIpc) is 2.79. The molecule has 2 nitrogen and oxygen atoms in total. The standard InChI is InChI=1S/C16H25ClN2/c1-3-7-14(17)13(4-2)12-19-11-6-5-8-15-16(19)9-10-18-15/h3-4,7,15-16,18H,1,5-6,8-12H2,2H3/b13-4-,14-7+. The highest BCUT2D eigenvalue weighted by Gasteiger charge is 2.33. The summed E-state index contributed by atoms with van der Waals surface area (Å²) in [6, 6.07) is 1.37. The van der Waals surface area contributed by atoms with Crippen molar-refractivity contribution in [3.8, 4) is 0 Å². The van der Waals surface area contributed by atoms with Crippen LogP contribution in [-0.4, -0.2) is 36.6 Å². The fourth-order valence-electron chi connectivity index (χ4n) is 3.26. The molecule has 3 heteroatoms. The van der Waals surface area contributed by atoms with Gasteiger partial charge in [-0.05, 0) is 50.9 Å². The molecule has 1 N–H and O–H groups in total. The van der Waals surface area contributed by atoms with Crippen molar-refractivity contribution >= 4 is 11.6 Å². The molecule has 106 valence electrons. The maximum Gasteiger partial charge on any atom is 0.0447 e. The van der Waals surface area contributed by atoms with Crippen LogP contribution in [0.3, 0.4) is 0 Å². The lowest BCUT2D eigenvalue weighted by Gasteiger charge is -2.31. The number of halogens is 1. The lowest BCUT2D eigenvalue weighted by Crippen LogP contribution is -2.43. The zero-order valence-corrected chi connectivity index (χ0v) is 12.6. The summed E-state index contributed by atoms with van der Waals surface area (Å²) in [5.74, 6) is 0. The van der Waals surface area contributed by atoms with Gasteiger partial charge in [0.2, 0.25) is 0 Å². The second kappa shape index (κ2) is 7.28. The molecule has 0 aromatic heterocycles. The second-order valence-electron chi connectivity index (χ2n) is 5.45. The highest BCUT2D eigenvalue weighted by atomic mass is 35.5. The quantitative estimate of drug-likeness (QED) is 0.794. The summed E-state index contributed by atoms with van der Waals surface area (Å²) in [7, 11) is 0. The van der Waals surface area contributed by atoms with Crippen LogP contribution in [0.1, 0.15) is 32.6 Å². The number of likely N-dealkylation sites (tertiary alicyclic amines) is 1. The average molecular weight is 281 g/mol. The van der Waals surface area contributed by atoms with Crippen molar-refractivity contribution in [1.29, 1.82) is 0 Å². The summed E-state index contributed by atoms with van der Waals surface area (Å²) >= 11 is 6.33. The van der Waals surface area contributed by atoms with Gasteiger partial charge in [0, 0.05) is 23.7 Å². The van der Waals surface area contributed by atoms with Crippen LogP contribution >= 0.6 is 11.6 Å². The van der Waals surface area contributed by atoms with Gasteiger partial charge in [-0.15, -0.1) is 0 Å². The van der Waals surface area contributed by atoms with Crippen molar-refractivity contribution < 1.29 is 0 Å². The third-order valence-corrected chi connectivity index (χ3v) is 4.65. The number of hydrogen-bond donors (Lipinski definition) is 1. The first-order valence-electron chi connectivity index (χ1n) is 7.37. The molecular weight excluding hydrogens is 256 g/mol. The third-order valence-electron chi connectivity index (χ3n) is 4.28. The molecule has 2 aliphatic heterocycles. The van der Waals surface area contributed by atoms with Crippen molar-refractivity contribution in [1.82, 2.24) is 10.2 Å². The van der Waals surface area contributed by atoms with Gasteiger partial charge in [-0.2, -0.15) is 0 Å². The third kappa shape index (κ3) is 3.71. The maximum absolute atomic E-state index is 6.33. The van der Waals surface area contributed by atoms with E-state index in [2.05, 4.69) is 29.8 Å². The molecule has 0 saturated carbocycles. The minimum absolute atomic E-state index is 0.683. The fraction of sp³-hybridized carbons (Fsp3) is 0.625. The summed E-state index contributed by atoms with van der Waals surface area (Å²) in [6.07, 6.45) is 11.0. The summed E-state index contributed by atoms with van der Waals surface area (Å²) in [6.45, 7) is 9.10. The molecule has 19 heavy (non-hydrogen) atoms. The molecule has 0 aliphatic carbocycles. The number of nitrogens with zero attached hydrogens (tertiary/aromatic N) is 1. The topological polar surface area (TPSA) is 15.3 Å². The van der Waals surface area contributed by atoms with Gasteiger partial charge >= 0.3 is 0 Å². The van der Waals surface area contributed by atoms with Gasteiger partial charge in [0.05, 0.1) is 0 Å². The summed E-state index contributed by atoms with van der Waals surface area (Å²) < 4.78 is 0. The number of rotatable bonds is 4. The van der Waals surface area contributed by atoms with Gasteiger partial charge in [-0.3, -0.25) is 4.90 Å². The molecule has 2 saturated heterocycles. The van der Waals surface area contributed by atoms with E-state index < -0.39 is 0 Å². The van der Waals surface area contributed by atoms with Gasteiger partial charge in [-0.25, -0.2) is 0 Å². The van der Waals surface area contributed by atoms with E-state index in [4.69, 9.17) is 11.6 Å². The predicted molar refractivity (Wildman–Crippen MR) is 83.5 cm³/mol. The smallest absolute Gasteiger partial charge is 0.0447 e. The van der Waals surface area contributed by atoms with Crippen molar-refractivity contribution in [2.24, 2.45) is 0 Å². The molecule has 2 atom stereocenters. The Kier molecular flexibility index (Phi) is 5.68. The molecule has 2 unspecified atom stereocenters. The largest absolute Gasteiger partial charge is 0.312 e. The fourth-order valence-corrected chi connectivity index (χ4v) is 3.52. The van der Waals surface area contributed by atoms with E-state index in [9.17, 15) is 0 Å². The van der Waals surface area contributed by atoms with Crippen molar-refractivity contribution in [2.75, 3.05) is 19.6 Å². The first-order valence-corrected chi connectivity index (χ1v) is 7.75. The second-order valence-corrected chi connectivity index (χ2v) is 5.85. The predicted octanol–water partition coefficient (Wildman–Crippen LogP) is 3.46. The van der Waals surface area contributed by atoms with Crippen LogP contribution in [0.2, 0.25) is 0 Å². The molecular formula is C16H25ClN2. The molecule has 0 radical (unpaired) electrons. The molecule has 0 spiro atoms. The minimum Gasteiger partial charge on any atom is -0.312 e. The van der Waals surface area contributed by atoms with E-state index in [1.807, 2.05) is 6.08 Å². The van der Waals surface area contributed by atoms with Crippen LogP contribution in [0, 0.1) is 0 Å². The SMILES string of the molecule is C=C/C=C(Cl)\C(=C/C)CN1CCCCC2NCCC21. The molecule has 2 aliphatic rings. The molecule has 0 aromatic rings. The zero-order chi connectivity index (χ0) is 13.7. The highest BCUT2D eigenvalue weighted by molar-refractivity contribution is 6.32. The van der Waals surface area contributed by atoms with Crippen molar-refractivity contribution in [3.63, 3.8) is 0 Å². The molecule has 2 rings (SSSR count). The van der Waals surface area contributed by atoms with Gasteiger partial charge in [0.25, 0.3) is 0 Å². The first kappa shape index (κ1) is 14.8. The van der Waals surface area contributed by atoms with Crippen LogP contribution in [0.5, 0.6) is 0 Å². The Morgan fingerprint density at radius 1 is 1.42 bits per heavy atom. The Labute approximate surface area is 122 Å². The van der Waals surface area contributed by atoms with E-state index in [1.165, 1.54) is 37.8 Å². The number of allylic oxidation sites excluding steroid dienone is 3. The van der Waals surface area contributed by atoms with Gasteiger partial charge in [0.15, 0.2) is 0 Å². The van der Waals surface area contributed by atoms with Gasteiger partial charge in [-0.1, -0.05) is 36.8 Å². The van der Waals surface area contributed by atoms with Crippen LogP contribution in [-0.2, 0) is 0 Å². The Balaban J connectivity index is 2.07. The molecule has 2 fully saturated rings. The van der Waals surface area contributed by atoms with E-state index in [-0.39, 0.29) is 0 Å². The monoisotopic (exact) mass is 280 g/mol. The Hall–Kier alpha value is -0.570. The Morgan fingerprint density at radius 3 is 3.00 bits per heavy atom. The molecule has 2 heterocycles. The summed E-state index contributed by atoms with van der Waals surface area (Å²) in [5, 5.41) is 4.47. The summed E-state index contributed by atoms with van der Waals surface area (Å²) in [5.41, 5.74) is 1.22. The normalized spacial score (nSPS) is 30.0. The lowest BCUT2D eigenvalue weighted by atomic mass is 10.0. The van der Waals surface area contributed by atoms with Crippen molar-refractivity contribution in [2.45, 2.75) is 44.7 Å².